The zero-order valence-corrected chi connectivity index (χ0v) is 9.85. The van der Waals surface area contributed by atoms with Gasteiger partial charge >= 0.3 is 5.97 Å². The van der Waals surface area contributed by atoms with Gasteiger partial charge in [0, 0.05) is 19.8 Å². The predicted molar refractivity (Wildman–Crippen MR) is 61.5 cm³/mol. The first-order valence-corrected chi connectivity index (χ1v) is 5.86. The van der Waals surface area contributed by atoms with Crippen molar-refractivity contribution in [1.82, 2.24) is 5.32 Å². The van der Waals surface area contributed by atoms with E-state index in [0.717, 1.165) is 26.1 Å². The van der Waals surface area contributed by atoms with E-state index in [1.54, 1.807) is 0 Å². The van der Waals surface area contributed by atoms with Crippen LogP contribution in [-0.4, -0.2) is 36.7 Å². The molecule has 2 heterocycles. The van der Waals surface area contributed by atoms with Crippen LogP contribution in [0.4, 0.5) is 0 Å². The molecule has 6 heteroatoms. The molecule has 0 unspecified atom stereocenters. The summed E-state index contributed by atoms with van der Waals surface area (Å²) in [5.41, 5.74) is 0. The van der Waals surface area contributed by atoms with E-state index >= 15 is 0 Å². The lowest BCUT2D eigenvalue weighted by Gasteiger charge is -2.21. The van der Waals surface area contributed by atoms with Gasteiger partial charge in [0.25, 0.3) is 5.91 Å². The highest BCUT2D eigenvalue weighted by Crippen LogP contribution is 2.14. The molecule has 1 aromatic heterocycles. The SMILES string of the molecule is O=C(O)c1ccc(C(=O)NCC2CCOCC2)o1. The van der Waals surface area contributed by atoms with Crippen molar-refractivity contribution in [2.45, 2.75) is 12.8 Å². The number of rotatable bonds is 4. The number of hydrogen-bond acceptors (Lipinski definition) is 4. The fourth-order valence-electron chi connectivity index (χ4n) is 1.85. The number of carboxylic acid groups (broad SMARTS) is 1. The number of ether oxygens (including phenoxy) is 1. The molecule has 0 aromatic carbocycles. The second-order valence-corrected chi connectivity index (χ2v) is 4.23. The minimum Gasteiger partial charge on any atom is -0.475 e. The molecule has 1 aliphatic rings. The van der Waals surface area contributed by atoms with Crippen LogP contribution in [0.2, 0.25) is 0 Å². The highest BCUT2D eigenvalue weighted by atomic mass is 16.5. The summed E-state index contributed by atoms with van der Waals surface area (Å²) in [4.78, 5) is 22.3. The maximum Gasteiger partial charge on any atom is 0.371 e. The van der Waals surface area contributed by atoms with Gasteiger partial charge in [0.1, 0.15) is 0 Å². The van der Waals surface area contributed by atoms with Crippen LogP contribution >= 0.6 is 0 Å². The topological polar surface area (TPSA) is 88.8 Å². The van der Waals surface area contributed by atoms with Crippen LogP contribution in [0.3, 0.4) is 0 Å². The first kappa shape index (κ1) is 12.6. The molecule has 98 valence electrons. The summed E-state index contributed by atoms with van der Waals surface area (Å²) >= 11 is 0. The summed E-state index contributed by atoms with van der Waals surface area (Å²) < 4.78 is 10.1. The third-order valence-corrected chi connectivity index (χ3v) is 2.93. The Labute approximate surface area is 104 Å². The van der Waals surface area contributed by atoms with E-state index in [0.29, 0.717) is 12.5 Å². The van der Waals surface area contributed by atoms with Gasteiger partial charge in [-0.1, -0.05) is 0 Å². The van der Waals surface area contributed by atoms with Crippen LogP contribution in [-0.2, 0) is 4.74 Å². The lowest BCUT2D eigenvalue weighted by molar-refractivity contribution is 0.0631. The van der Waals surface area contributed by atoms with E-state index in [2.05, 4.69) is 5.32 Å². The number of carboxylic acids is 1. The number of carbonyl (C=O) groups is 2. The Bertz CT molecular complexity index is 433. The number of nitrogens with one attached hydrogen (secondary N) is 1. The minimum absolute atomic E-state index is 0.0273. The van der Waals surface area contributed by atoms with Gasteiger partial charge in [-0.25, -0.2) is 4.79 Å². The third kappa shape index (κ3) is 3.10. The van der Waals surface area contributed by atoms with Crippen molar-refractivity contribution < 1.29 is 23.8 Å². The summed E-state index contributed by atoms with van der Waals surface area (Å²) in [6.07, 6.45) is 1.86. The second-order valence-electron chi connectivity index (χ2n) is 4.23. The molecule has 2 rings (SSSR count). The molecule has 0 aliphatic carbocycles. The van der Waals surface area contributed by atoms with Crippen molar-refractivity contribution in [2.24, 2.45) is 5.92 Å². The maximum absolute atomic E-state index is 11.7. The molecule has 6 nitrogen and oxygen atoms in total. The highest BCUT2D eigenvalue weighted by molar-refractivity contribution is 5.93. The zero-order valence-electron chi connectivity index (χ0n) is 9.85. The van der Waals surface area contributed by atoms with Crippen LogP contribution < -0.4 is 5.32 Å². The van der Waals surface area contributed by atoms with E-state index in [9.17, 15) is 9.59 Å². The molecule has 0 radical (unpaired) electrons. The van der Waals surface area contributed by atoms with Gasteiger partial charge in [-0.2, -0.15) is 0 Å². The van der Waals surface area contributed by atoms with Gasteiger partial charge < -0.3 is 19.6 Å². The van der Waals surface area contributed by atoms with Crippen molar-refractivity contribution in [2.75, 3.05) is 19.8 Å². The lowest BCUT2D eigenvalue weighted by Crippen LogP contribution is -2.31. The van der Waals surface area contributed by atoms with Gasteiger partial charge in [0.2, 0.25) is 5.76 Å². The van der Waals surface area contributed by atoms with Gasteiger partial charge in [0.15, 0.2) is 5.76 Å². The Morgan fingerprint density at radius 3 is 2.56 bits per heavy atom. The van der Waals surface area contributed by atoms with Gasteiger partial charge in [-0.3, -0.25) is 4.79 Å². The molecular formula is C12H15NO5. The Balaban J connectivity index is 1.84. The van der Waals surface area contributed by atoms with Crippen LogP contribution in [0.5, 0.6) is 0 Å². The van der Waals surface area contributed by atoms with Crippen molar-refractivity contribution in [3.05, 3.63) is 23.7 Å². The maximum atomic E-state index is 11.7. The summed E-state index contributed by atoms with van der Waals surface area (Å²) in [5.74, 6) is -1.35. The first-order valence-electron chi connectivity index (χ1n) is 5.86. The van der Waals surface area contributed by atoms with Crippen molar-refractivity contribution in [1.29, 1.82) is 0 Å². The summed E-state index contributed by atoms with van der Waals surface area (Å²) in [6.45, 7) is 2.01. The number of carbonyl (C=O) groups excluding carboxylic acids is 1. The van der Waals surface area contributed by atoms with Crippen LogP contribution in [0.25, 0.3) is 0 Å². The average molecular weight is 253 g/mol. The van der Waals surface area contributed by atoms with Gasteiger partial charge in [-0.15, -0.1) is 0 Å². The Kier molecular flexibility index (Phi) is 3.99. The fraction of sp³-hybridized carbons (Fsp3) is 0.500. The molecule has 0 saturated carbocycles. The monoisotopic (exact) mass is 253 g/mol. The zero-order chi connectivity index (χ0) is 13.0. The van der Waals surface area contributed by atoms with Crippen molar-refractivity contribution in [3.8, 4) is 0 Å². The van der Waals surface area contributed by atoms with E-state index in [1.807, 2.05) is 0 Å². The Hall–Kier alpha value is -1.82. The molecule has 0 spiro atoms. The molecule has 18 heavy (non-hydrogen) atoms. The van der Waals surface area contributed by atoms with Crippen molar-refractivity contribution in [3.63, 3.8) is 0 Å². The van der Waals surface area contributed by atoms with Gasteiger partial charge in [-0.05, 0) is 30.9 Å². The quantitative estimate of drug-likeness (QED) is 0.839. The van der Waals surface area contributed by atoms with E-state index in [-0.39, 0.29) is 17.4 Å². The average Bonchev–Trinajstić information content (AvgIpc) is 2.87. The molecule has 1 amide bonds. The summed E-state index contributed by atoms with van der Waals surface area (Å²) in [5, 5.41) is 11.4. The molecule has 1 aromatic rings. The Morgan fingerprint density at radius 1 is 1.28 bits per heavy atom. The fourth-order valence-corrected chi connectivity index (χ4v) is 1.85. The van der Waals surface area contributed by atoms with E-state index in [1.165, 1.54) is 12.1 Å². The molecular weight excluding hydrogens is 238 g/mol. The molecule has 0 bridgehead atoms. The second kappa shape index (κ2) is 5.68. The normalized spacial score (nSPS) is 16.4. The highest BCUT2D eigenvalue weighted by Gasteiger charge is 2.18. The summed E-state index contributed by atoms with van der Waals surface area (Å²) in [6, 6.07) is 2.63. The van der Waals surface area contributed by atoms with Crippen LogP contribution in [0.1, 0.15) is 34.0 Å². The predicted octanol–water partition coefficient (Wildman–Crippen LogP) is 1.13. The molecule has 1 aliphatic heterocycles. The van der Waals surface area contributed by atoms with Crippen LogP contribution in [0, 0.1) is 5.92 Å². The standard InChI is InChI=1S/C12H15NO5/c14-11(9-1-2-10(18-9)12(15)16)13-7-8-3-5-17-6-4-8/h1-2,8H,3-7H2,(H,13,14)(H,15,16). The molecule has 2 N–H and O–H groups in total. The molecule has 1 saturated heterocycles. The van der Waals surface area contributed by atoms with E-state index < -0.39 is 5.97 Å². The number of aromatic carboxylic acids is 1. The summed E-state index contributed by atoms with van der Waals surface area (Å²) in [7, 11) is 0. The molecule has 0 atom stereocenters. The smallest absolute Gasteiger partial charge is 0.371 e. The lowest BCUT2D eigenvalue weighted by atomic mass is 10.0. The van der Waals surface area contributed by atoms with Crippen molar-refractivity contribution >= 4 is 11.9 Å². The first-order chi connectivity index (χ1) is 8.66. The van der Waals surface area contributed by atoms with Gasteiger partial charge in [0.05, 0.1) is 0 Å². The van der Waals surface area contributed by atoms with Crippen LogP contribution in [0.15, 0.2) is 16.5 Å². The number of amides is 1. The minimum atomic E-state index is -1.18. The van der Waals surface area contributed by atoms with E-state index in [4.69, 9.17) is 14.3 Å². The largest absolute Gasteiger partial charge is 0.475 e. The Morgan fingerprint density at radius 2 is 1.94 bits per heavy atom. The molecule has 1 fully saturated rings. The number of hydrogen-bond donors (Lipinski definition) is 2. The number of furan rings is 1. The third-order valence-electron chi connectivity index (χ3n) is 2.93.